The number of aryl methyl sites for hydroxylation is 2. The van der Waals surface area contributed by atoms with Crippen LogP contribution in [0.4, 0.5) is 0 Å². The maximum absolute atomic E-state index is 11.0. The van der Waals surface area contributed by atoms with Gasteiger partial charge in [-0.2, -0.15) is 0 Å². The van der Waals surface area contributed by atoms with E-state index in [0.29, 0.717) is 6.42 Å². The second kappa shape index (κ2) is 5.80. The molecule has 0 atom stereocenters. The van der Waals surface area contributed by atoms with Gasteiger partial charge >= 0.3 is 0 Å². The molecular weight excluding hydrogens is 224 g/mol. The van der Waals surface area contributed by atoms with Gasteiger partial charge in [-0.05, 0) is 31.9 Å². The second-order valence-corrected chi connectivity index (χ2v) is 4.72. The molecule has 3 heteroatoms. The number of ketones is 1. The van der Waals surface area contributed by atoms with Crippen LogP contribution in [0.15, 0.2) is 24.3 Å². The first-order valence-corrected chi connectivity index (χ1v) is 6.66. The Balaban J connectivity index is 2.24. The Kier molecular flexibility index (Phi) is 4.13. The van der Waals surface area contributed by atoms with Gasteiger partial charge in [0.25, 0.3) is 0 Å². The average molecular weight is 244 g/mol. The summed E-state index contributed by atoms with van der Waals surface area (Å²) in [5.74, 6) is 1.37. The van der Waals surface area contributed by atoms with E-state index in [0.717, 1.165) is 37.1 Å². The molecule has 0 aliphatic carbocycles. The minimum Gasteiger partial charge on any atom is -0.328 e. The van der Waals surface area contributed by atoms with Gasteiger partial charge in [0, 0.05) is 19.4 Å². The zero-order valence-corrected chi connectivity index (χ0v) is 11.1. The molecule has 0 fully saturated rings. The van der Waals surface area contributed by atoms with E-state index in [-0.39, 0.29) is 5.78 Å². The summed E-state index contributed by atoms with van der Waals surface area (Å²) in [5, 5.41) is 0. The summed E-state index contributed by atoms with van der Waals surface area (Å²) in [6, 6.07) is 8.24. The molecule has 1 aromatic carbocycles. The lowest BCUT2D eigenvalue weighted by atomic mass is 10.2. The Morgan fingerprint density at radius 1 is 1.33 bits per heavy atom. The number of hydrogen-bond acceptors (Lipinski definition) is 2. The monoisotopic (exact) mass is 244 g/mol. The van der Waals surface area contributed by atoms with Crippen molar-refractivity contribution in [1.29, 1.82) is 0 Å². The average Bonchev–Trinajstić information content (AvgIpc) is 2.68. The minimum atomic E-state index is 0.258. The molecule has 1 heterocycles. The summed E-state index contributed by atoms with van der Waals surface area (Å²) >= 11 is 0. The normalized spacial score (nSPS) is 11.0. The number of rotatable bonds is 6. The van der Waals surface area contributed by atoms with E-state index in [4.69, 9.17) is 0 Å². The molecule has 0 amide bonds. The molecule has 3 nitrogen and oxygen atoms in total. The molecule has 0 saturated heterocycles. The number of carbonyl (C=O) groups is 1. The van der Waals surface area contributed by atoms with Crippen molar-refractivity contribution in [2.45, 2.75) is 46.1 Å². The van der Waals surface area contributed by atoms with Crippen LogP contribution in [0, 0.1) is 0 Å². The van der Waals surface area contributed by atoms with Crippen LogP contribution in [0.2, 0.25) is 0 Å². The highest BCUT2D eigenvalue weighted by Crippen LogP contribution is 2.18. The Morgan fingerprint density at radius 2 is 2.11 bits per heavy atom. The van der Waals surface area contributed by atoms with Gasteiger partial charge in [-0.3, -0.25) is 0 Å². The molecule has 0 saturated carbocycles. The number of para-hydroxylation sites is 2. The third-order valence-electron chi connectivity index (χ3n) is 3.11. The first-order valence-electron chi connectivity index (χ1n) is 6.66. The Hall–Kier alpha value is -1.64. The first kappa shape index (κ1) is 12.8. The number of carbonyl (C=O) groups excluding carboxylic acids is 1. The largest absolute Gasteiger partial charge is 0.328 e. The Labute approximate surface area is 108 Å². The van der Waals surface area contributed by atoms with Crippen LogP contribution >= 0.6 is 0 Å². The molecule has 0 unspecified atom stereocenters. The minimum absolute atomic E-state index is 0.258. The van der Waals surface area contributed by atoms with Crippen molar-refractivity contribution >= 4 is 16.8 Å². The predicted octanol–water partition coefficient (Wildman–Crippen LogP) is 3.36. The molecule has 96 valence electrons. The number of benzene rings is 1. The SMILES string of the molecule is CCCn1c(CCCC(C)=O)nc2ccccc21. The van der Waals surface area contributed by atoms with E-state index >= 15 is 0 Å². The van der Waals surface area contributed by atoms with Gasteiger partial charge in [-0.15, -0.1) is 0 Å². The van der Waals surface area contributed by atoms with Crippen molar-refractivity contribution in [2.75, 3.05) is 0 Å². The molecule has 0 radical (unpaired) electrons. The maximum atomic E-state index is 11.0. The van der Waals surface area contributed by atoms with Gasteiger partial charge in [0.15, 0.2) is 0 Å². The Bertz CT molecular complexity index is 542. The number of Topliss-reactive ketones (excluding diaryl/α,β-unsaturated/α-hetero) is 1. The summed E-state index contributed by atoms with van der Waals surface area (Å²) in [6.07, 6.45) is 3.52. The maximum Gasteiger partial charge on any atom is 0.129 e. The quantitative estimate of drug-likeness (QED) is 0.781. The zero-order valence-electron chi connectivity index (χ0n) is 11.1. The van der Waals surface area contributed by atoms with Crippen LogP contribution in [-0.2, 0) is 17.8 Å². The van der Waals surface area contributed by atoms with Crippen molar-refractivity contribution in [2.24, 2.45) is 0 Å². The summed E-state index contributed by atoms with van der Waals surface area (Å²) in [6.45, 7) is 4.82. The second-order valence-electron chi connectivity index (χ2n) is 4.72. The summed E-state index contributed by atoms with van der Waals surface area (Å²) < 4.78 is 2.29. The highest BCUT2D eigenvalue weighted by atomic mass is 16.1. The third-order valence-corrected chi connectivity index (χ3v) is 3.11. The van der Waals surface area contributed by atoms with Gasteiger partial charge < -0.3 is 9.36 Å². The fourth-order valence-corrected chi connectivity index (χ4v) is 2.28. The van der Waals surface area contributed by atoms with Crippen molar-refractivity contribution in [3.63, 3.8) is 0 Å². The summed E-state index contributed by atoms with van der Waals surface area (Å²) in [7, 11) is 0. The fourth-order valence-electron chi connectivity index (χ4n) is 2.28. The van der Waals surface area contributed by atoms with Crippen LogP contribution < -0.4 is 0 Å². The lowest BCUT2D eigenvalue weighted by Gasteiger charge is -2.07. The molecular formula is C15H20N2O. The molecule has 0 aliphatic heterocycles. The first-order chi connectivity index (χ1) is 8.72. The number of aromatic nitrogens is 2. The predicted molar refractivity (Wildman–Crippen MR) is 73.6 cm³/mol. The molecule has 2 aromatic rings. The third kappa shape index (κ3) is 2.78. The van der Waals surface area contributed by atoms with E-state index in [1.807, 2.05) is 6.07 Å². The number of hydrogen-bond donors (Lipinski definition) is 0. The van der Waals surface area contributed by atoms with Crippen LogP contribution in [0.3, 0.4) is 0 Å². The highest BCUT2D eigenvalue weighted by Gasteiger charge is 2.09. The molecule has 18 heavy (non-hydrogen) atoms. The molecule has 0 N–H and O–H groups in total. The summed E-state index contributed by atoms with van der Waals surface area (Å²) in [4.78, 5) is 15.7. The molecule has 2 rings (SSSR count). The van der Waals surface area contributed by atoms with Crippen LogP contribution in [-0.4, -0.2) is 15.3 Å². The van der Waals surface area contributed by atoms with E-state index in [9.17, 15) is 4.79 Å². The lowest BCUT2D eigenvalue weighted by Crippen LogP contribution is -2.04. The van der Waals surface area contributed by atoms with Crippen LogP contribution in [0.25, 0.3) is 11.0 Å². The standard InChI is InChI=1S/C15H20N2O/c1-3-11-17-14-9-5-4-8-13(14)16-15(17)10-6-7-12(2)18/h4-5,8-9H,3,6-7,10-11H2,1-2H3. The van der Waals surface area contributed by atoms with Crippen LogP contribution in [0.1, 0.15) is 38.9 Å². The number of imidazole rings is 1. The number of fused-ring (bicyclic) bond motifs is 1. The smallest absolute Gasteiger partial charge is 0.129 e. The van der Waals surface area contributed by atoms with Gasteiger partial charge in [0.2, 0.25) is 0 Å². The molecule has 0 bridgehead atoms. The molecule has 0 spiro atoms. The summed E-state index contributed by atoms with van der Waals surface area (Å²) in [5.41, 5.74) is 2.26. The van der Waals surface area contributed by atoms with Gasteiger partial charge in [0.1, 0.15) is 11.6 Å². The van der Waals surface area contributed by atoms with Crippen molar-refractivity contribution in [3.8, 4) is 0 Å². The van der Waals surface area contributed by atoms with Gasteiger partial charge in [-0.25, -0.2) is 4.98 Å². The van der Waals surface area contributed by atoms with E-state index in [1.54, 1.807) is 6.92 Å². The van der Waals surface area contributed by atoms with Crippen molar-refractivity contribution in [3.05, 3.63) is 30.1 Å². The molecule has 1 aromatic heterocycles. The fraction of sp³-hybridized carbons (Fsp3) is 0.467. The van der Waals surface area contributed by atoms with E-state index in [1.165, 1.54) is 5.52 Å². The van der Waals surface area contributed by atoms with Crippen LogP contribution in [0.5, 0.6) is 0 Å². The molecule has 0 aliphatic rings. The van der Waals surface area contributed by atoms with Crippen molar-refractivity contribution < 1.29 is 4.79 Å². The van der Waals surface area contributed by atoms with E-state index in [2.05, 4.69) is 34.7 Å². The Morgan fingerprint density at radius 3 is 2.83 bits per heavy atom. The topological polar surface area (TPSA) is 34.9 Å². The lowest BCUT2D eigenvalue weighted by molar-refractivity contribution is -0.117. The number of nitrogens with zero attached hydrogens (tertiary/aromatic N) is 2. The van der Waals surface area contributed by atoms with Gasteiger partial charge in [0.05, 0.1) is 11.0 Å². The van der Waals surface area contributed by atoms with Gasteiger partial charge in [-0.1, -0.05) is 19.1 Å². The highest BCUT2D eigenvalue weighted by molar-refractivity contribution is 5.76. The zero-order chi connectivity index (χ0) is 13.0. The van der Waals surface area contributed by atoms with E-state index < -0.39 is 0 Å². The van der Waals surface area contributed by atoms with Crippen molar-refractivity contribution in [1.82, 2.24) is 9.55 Å².